The number of hydrogen-bond donors (Lipinski definition) is 1. The first-order valence-corrected chi connectivity index (χ1v) is 8.68. The Hall–Kier alpha value is -1.96. The lowest BCUT2D eigenvalue weighted by Gasteiger charge is -2.16. The van der Waals surface area contributed by atoms with E-state index in [0.29, 0.717) is 17.5 Å². The Morgan fingerprint density at radius 3 is 2.43 bits per heavy atom. The maximum atomic E-state index is 12.0. The van der Waals surface area contributed by atoms with Gasteiger partial charge in [0.05, 0.1) is 15.4 Å². The molecular formula is C15H15ClN2O4S. The zero-order chi connectivity index (χ0) is 17.4. The van der Waals surface area contributed by atoms with Gasteiger partial charge in [0, 0.05) is 16.7 Å². The first-order chi connectivity index (χ1) is 10.7. The van der Waals surface area contributed by atoms with Crippen LogP contribution in [0.25, 0.3) is 11.1 Å². The molecule has 0 heterocycles. The molecule has 0 aromatic heterocycles. The van der Waals surface area contributed by atoms with Crippen molar-refractivity contribution in [1.29, 1.82) is 0 Å². The summed E-state index contributed by atoms with van der Waals surface area (Å²) in [5.74, 6) is 0. The topological polar surface area (TPSA) is 103 Å². The van der Waals surface area contributed by atoms with Crippen LogP contribution in [-0.4, -0.2) is 13.3 Å². The summed E-state index contributed by atoms with van der Waals surface area (Å²) in [6.07, 6.45) is 0.498. The number of sulfonamides is 1. The van der Waals surface area contributed by atoms with E-state index in [9.17, 15) is 18.5 Å². The van der Waals surface area contributed by atoms with E-state index in [1.54, 1.807) is 19.1 Å². The molecule has 23 heavy (non-hydrogen) atoms. The Labute approximate surface area is 139 Å². The molecule has 0 amide bonds. The van der Waals surface area contributed by atoms with E-state index in [2.05, 4.69) is 0 Å². The van der Waals surface area contributed by atoms with Crippen molar-refractivity contribution in [3.05, 3.63) is 56.6 Å². The van der Waals surface area contributed by atoms with Gasteiger partial charge in [0.1, 0.15) is 0 Å². The minimum Gasteiger partial charge on any atom is -0.258 e. The van der Waals surface area contributed by atoms with Crippen LogP contribution in [0.4, 0.5) is 5.69 Å². The summed E-state index contributed by atoms with van der Waals surface area (Å²) < 4.78 is 24.1. The van der Waals surface area contributed by atoms with Crippen molar-refractivity contribution in [2.75, 3.05) is 0 Å². The maximum absolute atomic E-state index is 12.0. The quantitative estimate of drug-likeness (QED) is 0.670. The lowest BCUT2D eigenvalue weighted by Crippen LogP contribution is -2.16. The van der Waals surface area contributed by atoms with Crippen LogP contribution < -0.4 is 5.14 Å². The largest absolute Gasteiger partial charge is 0.278 e. The van der Waals surface area contributed by atoms with Gasteiger partial charge in [-0.2, -0.15) is 0 Å². The van der Waals surface area contributed by atoms with Crippen molar-refractivity contribution < 1.29 is 13.3 Å². The SMILES string of the molecule is CCc1ccc(C)c(S(N)(=O)=O)c1-c1ccc(Cl)cc1[N+](=O)[O-]. The molecule has 2 rings (SSSR count). The normalized spacial score (nSPS) is 11.5. The van der Waals surface area contributed by atoms with Gasteiger partial charge in [-0.3, -0.25) is 10.1 Å². The Kier molecular flexibility index (Phi) is 4.74. The van der Waals surface area contributed by atoms with Crippen molar-refractivity contribution in [1.82, 2.24) is 0 Å². The van der Waals surface area contributed by atoms with Gasteiger partial charge in [-0.05, 0) is 36.6 Å². The van der Waals surface area contributed by atoms with Crippen molar-refractivity contribution >= 4 is 27.3 Å². The Morgan fingerprint density at radius 1 is 1.26 bits per heavy atom. The molecule has 0 bridgehead atoms. The van der Waals surface area contributed by atoms with Gasteiger partial charge in [0.15, 0.2) is 0 Å². The predicted molar refractivity (Wildman–Crippen MR) is 89.0 cm³/mol. The molecule has 0 unspecified atom stereocenters. The Bertz CT molecular complexity index is 895. The summed E-state index contributed by atoms with van der Waals surface area (Å²) in [6, 6.07) is 7.52. The number of nitro groups is 1. The second kappa shape index (κ2) is 6.27. The fourth-order valence-electron chi connectivity index (χ4n) is 2.55. The van der Waals surface area contributed by atoms with Gasteiger partial charge in [-0.25, -0.2) is 13.6 Å². The molecule has 0 aliphatic carbocycles. The number of primary sulfonamides is 1. The molecule has 0 saturated heterocycles. The predicted octanol–water partition coefficient (Wildman–Crippen LogP) is 3.43. The molecular weight excluding hydrogens is 340 g/mol. The number of rotatable bonds is 4. The van der Waals surface area contributed by atoms with Gasteiger partial charge in [0.25, 0.3) is 5.69 Å². The summed E-state index contributed by atoms with van der Waals surface area (Å²) >= 11 is 5.84. The van der Waals surface area contributed by atoms with E-state index in [1.165, 1.54) is 18.2 Å². The maximum Gasteiger partial charge on any atom is 0.278 e. The standard InChI is InChI=1S/C15H15ClN2O4S/c1-3-10-5-4-9(2)15(23(17,21)22)14(10)12-7-6-11(16)8-13(12)18(19)20/h4-8H,3H2,1-2H3,(H2,17,21,22). The third kappa shape index (κ3) is 3.36. The molecule has 122 valence electrons. The van der Waals surface area contributed by atoms with Gasteiger partial charge in [-0.15, -0.1) is 0 Å². The molecule has 0 saturated carbocycles. The van der Waals surface area contributed by atoms with Crippen molar-refractivity contribution in [3.63, 3.8) is 0 Å². The number of nitro benzene ring substituents is 1. The van der Waals surface area contributed by atoms with Gasteiger partial charge in [-0.1, -0.05) is 30.7 Å². The molecule has 0 fully saturated rings. The second-order valence-electron chi connectivity index (χ2n) is 5.06. The number of nitrogens with zero attached hydrogens (tertiary/aromatic N) is 1. The fourth-order valence-corrected chi connectivity index (χ4v) is 3.76. The summed E-state index contributed by atoms with van der Waals surface area (Å²) in [7, 11) is -4.05. The molecule has 0 spiro atoms. The van der Waals surface area contributed by atoms with Crippen molar-refractivity contribution in [2.24, 2.45) is 5.14 Å². The van der Waals surface area contributed by atoms with E-state index in [0.717, 1.165) is 0 Å². The van der Waals surface area contributed by atoms with E-state index >= 15 is 0 Å². The van der Waals surface area contributed by atoms with Crippen molar-refractivity contribution in [3.8, 4) is 11.1 Å². The number of halogens is 1. The first kappa shape index (κ1) is 17.4. The molecule has 6 nitrogen and oxygen atoms in total. The number of benzene rings is 2. The van der Waals surface area contributed by atoms with Crippen LogP contribution in [0.2, 0.25) is 5.02 Å². The van der Waals surface area contributed by atoms with E-state index in [4.69, 9.17) is 16.7 Å². The van der Waals surface area contributed by atoms with E-state index in [-0.39, 0.29) is 26.7 Å². The molecule has 2 aromatic carbocycles. The third-order valence-electron chi connectivity index (χ3n) is 3.53. The molecule has 8 heteroatoms. The number of hydrogen-bond acceptors (Lipinski definition) is 4. The summed E-state index contributed by atoms with van der Waals surface area (Å²) in [4.78, 5) is 10.7. The average Bonchev–Trinajstić information content (AvgIpc) is 2.45. The molecule has 2 aromatic rings. The van der Waals surface area contributed by atoms with Crippen LogP contribution in [0.3, 0.4) is 0 Å². The smallest absolute Gasteiger partial charge is 0.258 e. The zero-order valence-corrected chi connectivity index (χ0v) is 14.1. The fraction of sp³-hybridized carbons (Fsp3) is 0.200. The van der Waals surface area contributed by atoms with Gasteiger partial charge >= 0.3 is 0 Å². The van der Waals surface area contributed by atoms with Crippen LogP contribution in [0.5, 0.6) is 0 Å². The lowest BCUT2D eigenvalue weighted by molar-refractivity contribution is -0.384. The van der Waals surface area contributed by atoms with Crippen LogP contribution >= 0.6 is 11.6 Å². The van der Waals surface area contributed by atoms with Gasteiger partial charge in [0.2, 0.25) is 10.0 Å². The first-order valence-electron chi connectivity index (χ1n) is 6.76. The highest BCUT2D eigenvalue weighted by molar-refractivity contribution is 7.89. The lowest BCUT2D eigenvalue weighted by atomic mass is 9.95. The Balaban J connectivity index is 2.99. The highest BCUT2D eigenvalue weighted by Crippen LogP contribution is 2.39. The summed E-state index contributed by atoms with van der Waals surface area (Å²) in [6.45, 7) is 3.44. The molecule has 0 atom stereocenters. The van der Waals surface area contributed by atoms with Crippen LogP contribution in [0.15, 0.2) is 35.2 Å². The van der Waals surface area contributed by atoms with Crippen LogP contribution in [-0.2, 0) is 16.4 Å². The highest BCUT2D eigenvalue weighted by Gasteiger charge is 2.26. The summed E-state index contributed by atoms with van der Waals surface area (Å²) in [5.41, 5.74) is 1.28. The van der Waals surface area contributed by atoms with E-state index in [1.807, 2.05) is 6.92 Å². The molecule has 2 N–H and O–H groups in total. The molecule has 0 aliphatic heterocycles. The molecule has 0 aliphatic rings. The van der Waals surface area contributed by atoms with Crippen LogP contribution in [0.1, 0.15) is 18.1 Å². The van der Waals surface area contributed by atoms with E-state index < -0.39 is 14.9 Å². The van der Waals surface area contributed by atoms with Crippen LogP contribution in [0, 0.1) is 17.0 Å². The minimum absolute atomic E-state index is 0.0951. The molecule has 0 radical (unpaired) electrons. The zero-order valence-electron chi connectivity index (χ0n) is 12.5. The van der Waals surface area contributed by atoms with Crippen molar-refractivity contribution in [2.45, 2.75) is 25.2 Å². The number of aryl methyl sites for hydroxylation is 2. The highest BCUT2D eigenvalue weighted by atomic mass is 35.5. The third-order valence-corrected chi connectivity index (χ3v) is 4.86. The summed E-state index contributed by atoms with van der Waals surface area (Å²) in [5, 5.41) is 16.9. The second-order valence-corrected chi connectivity index (χ2v) is 7.00. The number of nitrogens with two attached hydrogens (primary N) is 1. The average molecular weight is 355 g/mol. The Morgan fingerprint density at radius 2 is 1.91 bits per heavy atom. The minimum atomic E-state index is -4.05. The van der Waals surface area contributed by atoms with Gasteiger partial charge < -0.3 is 0 Å². The monoisotopic (exact) mass is 354 g/mol.